The average molecular weight is 430 g/mol. The fraction of sp³-hybridized carbons (Fsp3) is 0.556. The molecule has 2 heterocycles. The standard InChI is InChI=1S/C18H27N5O3S.ClH/c1-13(2)14-4-6-15(7-5-14)27(24,25)20-9-8-17-21-18(22-26-17)16-12-19-10-11-23(16)3;/h4-7,13,16,19-20H,8-12H2,1-3H3;1H. The van der Waals surface area contributed by atoms with Crippen molar-refractivity contribution in [3.05, 3.63) is 41.5 Å². The van der Waals surface area contributed by atoms with Crippen LogP contribution in [0, 0.1) is 0 Å². The van der Waals surface area contributed by atoms with Crippen LogP contribution in [0.5, 0.6) is 0 Å². The van der Waals surface area contributed by atoms with Gasteiger partial charge in [-0.1, -0.05) is 31.1 Å². The summed E-state index contributed by atoms with van der Waals surface area (Å²) < 4.78 is 32.7. The Kier molecular flexibility index (Phi) is 7.97. The fourth-order valence-corrected chi connectivity index (χ4v) is 4.04. The molecule has 2 N–H and O–H groups in total. The number of sulfonamides is 1. The van der Waals surface area contributed by atoms with Crippen molar-refractivity contribution in [2.75, 3.05) is 33.2 Å². The molecule has 0 spiro atoms. The van der Waals surface area contributed by atoms with Crippen LogP contribution in [0.25, 0.3) is 0 Å². The first-order valence-electron chi connectivity index (χ1n) is 9.20. The highest BCUT2D eigenvalue weighted by Crippen LogP contribution is 2.18. The van der Waals surface area contributed by atoms with Gasteiger partial charge >= 0.3 is 0 Å². The highest BCUT2D eigenvalue weighted by Gasteiger charge is 2.25. The second-order valence-corrected chi connectivity index (χ2v) is 8.89. The van der Waals surface area contributed by atoms with Crippen molar-refractivity contribution in [1.29, 1.82) is 0 Å². The van der Waals surface area contributed by atoms with Crippen LogP contribution in [-0.4, -0.2) is 56.7 Å². The third-order valence-corrected chi connectivity index (χ3v) is 6.26. The summed E-state index contributed by atoms with van der Waals surface area (Å²) in [5.74, 6) is 1.42. The first-order chi connectivity index (χ1) is 12.9. The predicted octanol–water partition coefficient (Wildman–Crippen LogP) is 1.71. The van der Waals surface area contributed by atoms with E-state index in [1.165, 1.54) is 0 Å². The number of aromatic nitrogens is 2. The van der Waals surface area contributed by atoms with Crippen molar-refractivity contribution in [2.45, 2.75) is 37.1 Å². The molecule has 1 aromatic carbocycles. The molecular weight excluding hydrogens is 402 g/mol. The summed E-state index contributed by atoms with van der Waals surface area (Å²) in [4.78, 5) is 6.85. The van der Waals surface area contributed by atoms with Gasteiger partial charge in [-0.3, -0.25) is 4.90 Å². The molecule has 0 saturated carbocycles. The number of piperazine rings is 1. The Labute approximate surface area is 172 Å². The molecule has 10 heteroatoms. The van der Waals surface area contributed by atoms with Crippen molar-refractivity contribution in [3.63, 3.8) is 0 Å². The maximum atomic E-state index is 12.4. The van der Waals surface area contributed by atoms with Crippen molar-refractivity contribution in [1.82, 2.24) is 25.1 Å². The molecule has 1 unspecified atom stereocenters. The molecule has 0 aliphatic carbocycles. The topological polar surface area (TPSA) is 100 Å². The van der Waals surface area contributed by atoms with Gasteiger partial charge in [0.05, 0.1) is 10.9 Å². The number of benzene rings is 1. The van der Waals surface area contributed by atoms with Crippen molar-refractivity contribution < 1.29 is 12.9 Å². The third kappa shape index (κ3) is 5.51. The number of rotatable bonds is 7. The van der Waals surface area contributed by atoms with Crippen molar-refractivity contribution >= 4 is 22.4 Å². The number of hydrogen-bond donors (Lipinski definition) is 2. The summed E-state index contributed by atoms with van der Waals surface area (Å²) in [5, 5.41) is 7.35. The van der Waals surface area contributed by atoms with Crippen LogP contribution in [0.15, 0.2) is 33.7 Å². The van der Waals surface area contributed by atoms with E-state index in [4.69, 9.17) is 4.52 Å². The van der Waals surface area contributed by atoms with E-state index < -0.39 is 10.0 Å². The lowest BCUT2D eigenvalue weighted by Crippen LogP contribution is -2.44. The van der Waals surface area contributed by atoms with Gasteiger partial charge in [0.15, 0.2) is 5.82 Å². The fourth-order valence-electron chi connectivity index (χ4n) is 3.01. The molecule has 1 aromatic heterocycles. The summed E-state index contributed by atoms with van der Waals surface area (Å²) in [6, 6.07) is 7.03. The van der Waals surface area contributed by atoms with E-state index in [2.05, 4.69) is 38.9 Å². The van der Waals surface area contributed by atoms with Gasteiger partial charge in [0, 0.05) is 32.6 Å². The zero-order chi connectivity index (χ0) is 19.4. The molecular formula is C18H28ClN5O3S. The minimum atomic E-state index is -3.55. The summed E-state index contributed by atoms with van der Waals surface area (Å²) in [6.45, 7) is 6.98. The van der Waals surface area contributed by atoms with Crippen LogP contribution >= 0.6 is 12.4 Å². The highest BCUT2D eigenvalue weighted by molar-refractivity contribution is 7.89. The SMILES string of the molecule is CC(C)c1ccc(S(=O)(=O)NCCc2nc(C3CNCCN3C)no2)cc1.Cl. The maximum absolute atomic E-state index is 12.4. The summed E-state index contributed by atoms with van der Waals surface area (Å²) >= 11 is 0. The Bertz CT molecular complexity index is 854. The zero-order valence-corrected chi connectivity index (χ0v) is 18.0. The average Bonchev–Trinajstić information content (AvgIpc) is 3.10. The molecule has 8 nitrogen and oxygen atoms in total. The molecule has 1 aliphatic heterocycles. The number of nitrogens with one attached hydrogen (secondary N) is 2. The monoisotopic (exact) mass is 429 g/mol. The van der Waals surface area contributed by atoms with Gasteiger partial charge in [-0.2, -0.15) is 4.98 Å². The first kappa shape index (κ1) is 22.8. The lowest BCUT2D eigenvalue weighted by molar-refractivity contribution is 0.190. The van der Waals surface area contributed by atoms with Gasteiger partial charge < -0.3 is 9.84 Å². The minimum Gasteiger partial charge on any atom is -0.339 e. The van der Waals surface area contributed by atoms with Gasteiger partial charge in [0.1, 0.15) is 0 Å². The van der Waals surface area contributed by atoms with E-state index >= 15 is 0 Å². The van der Waals surface area contributed by atoms with E-state index in [-0.39, 0.29) is 29.9 Å². The molecule has 0 radical (unpaired) electrons. The van der Waals surface area contributed by atoms with E-state index in [0.717, 1.165) is 25.2 Å². The third-order valence-electron chi connectivity index (χ3n) is 4.78. The minimum absolute atomic E-state index is 0. The van der Waals surface area contributed by atoms with Crippen LogP contribution in [0.3, 0.4) is 0 Å². The highest BCUT2D eigenvalue weighted by atomic mass is 35.5. The molecule has 2 aromatic rings. The molecule has 156 valence electrons. The number of halogens is 1. The first-order valence-corrected chi connectivity index (χ1v) is 10.7. The molecule has 1 fully saturated rings. The van der Waals surface area contributed by atoms with Crippen LogP contribution in [0.4, 0.5) is 0 Å². The number of nitrogens with zero attached hydrogens (tertiary/aromatic N) is 3. The lowest BCUT2D eigenvalue weighted by atomic mass is 10.0. The Morgan fingerprint density at radius 2 is 2.04 bits per heavy atom. The lowest BCUT2D eigenvalue weighted by Gasteiger charge is -2.30. The van der Waals surface area contributed by atoms with Gasteiger partial charge in [-0.15, -0.1) is 12.4 Å². The summed E-state index contributed by atoms with van der Waals surface area (Å²) in [5.41, 5.74) is 1.11. The Balaban J connectivity index is 0.00000280. The van der Waals surface area contributed by atoms with Gasteiger partial charge in [0.2, 0.25) is 15.9 Å². The van der Waals surface area contributed by atoms with Crippen LogP contribution in [0.2, 0.25) is 0 Å². The maximum Gasteiger partial charge on any atom is 0.240 e. The quantitative estimate of drug-likeness (QED) is 0.690. The smallest absolute Gasteiger partial charge is 0.240 e. The number of hydrogen-bond acceptors (Lipinski definition) is 7. The predicted molar refractivity (Wildman–Crippen MR) is 109 cm³/mol. The zero-order valence-electron chi connectivity index (χ0n) is 16.4. The Hall–Kier alpha value is -1.52. The molecule has 0 bridgehead atoms. The van der Waals surface area contributed by atoms with Gasteiger partial charge in [0.25, 0.3) is 0 Å². The van der Waals surface area contributed by atoms with Crippen LogP contribution in [-0.2, 0) is 16.4 Å². The second-order valence-electron chi connectivity index (χ2n) is 7.12. The van der Waals surface area contributed by atoms with Gasteiger partial charge in [-0.25, -0.2) is 13.1 Å². The van der Waals surface area contributed by atoms with E-state index in [0.29, 0.717) is 24.1 Å². The van der Waals surface area contributed by atoms with Crippen LogP contribution in [0.1, 0.15) is 43.1 Å². The molecule has 0 amide bonds. The molecule has 1 aliphatic rings. The van der Waals surface area contributed by atoms with Gasteiger partial charge in [-0.05, 0) is 30.7 Å². The summed E-state index contributed by atoms with van der Waals surface area (Å²) in [6.07, 6.45) is 0.347. The Morgan fingerprint density at radius 3 is 2.68 bits per heavy atom. The van der Waals surface area contributed by atoms with E-state index in [9.17, 15) is 8.42 Å². The molecule has 1 saturated heterocycles. The molecule has 1 atom stereocenters. The van der Waals surface area contributed by atoms with E-state index in [1.807, 2.05) is 19.2 Å². The normalized spacial score (nSPS) is 18.2. The Morgan fingerprint density at radius 1 is 1.32 bits per heavy atom. The van der Waals surface area contributed by atoms with Crippen molar-refractivity contribution in [3.8, 4) is 0 Å². The largest absolute Gasteiger partial charge is 0.339 e. The van der Waals surface area contributed by atoms with Crippen molar-refractivity contribution in [2.24, 2.45) is 0 Å². The molecule has 3 rings (SSSR count). The van der Waals surface area contributed by atoms with Crippen LogP contribution < -0.4 is 10.0 Å². The van der Waals surface area contributed by atoms with E-state index in [1.54, 1.807) is 12.1 Å². The summed E-state index contributed by atoms with van der Waals surface area (Å²) in [7, 11) is -1.53. The second kappa shape index (κ2) is 9.80. The molecule has 28 heavy (non-hydrogen) atoms. The number of likely N-dealkylation sites (N-methyl/N-ethyl adjacent to an activating group) is 1.